The van der Waals surface area contributed by atoms with Crippen molar-refractivity contribution in [1.29, 1.82) is 0 Å². The van der Waals surface area contributed by atoms with Gasteiger partial charge in [-0.05, 0) is 54.6 Å². The summed E-state index contributed by atoms with van der Waals surface area (Å²) in [6, 6.07) is 52.5. The third-order valence-electron chi connectivity index (χ3n) is 9.68. The maximum absolute atomic E-state index is 6.26. The van der Waals surface area contributed by atoms with Crippen LogP contribution in [0.4, 0.5) is 0 Å². The molecule has 11 rings (SSSR count). The van der Waals surface area contributed by atoms with Gasteiger partial charge in [0.05, 0.1) is 26.8 Å². The lowest BCUT2D eigenvalue weighted by molar-refractivity contribution is 0.669. The van der Waals surface area contributed by atoms with Crippen LogP contribution in [-0.2, 0) is 0 Å². The van der Waals surface area contributed by atoms with E-state index in [1.165, 1.54) is 69.5 Å². The summed E-state index contributed by atoms with van der Waals surface area (Å²) in [7, 11) is 0. The minimum Gasteiger partial charge on any atom is -0.456 e. The van der Waals surface area contributed by atoms with Crippen LogP contribution >= 0.6 is 11.3 Å². The highest BCUT2D eigenvalue weighted by Crippen LogP contribution is 2.51. The highest BCUT2D eigenvalue weighted by atomic mass is 32.1. The summed E-state index contributed by atoms with van der Waals surface area (Å²) in [6.07, 6.45) is 0. The first-order valence-corrected chi connectivity index (χ1v) is 16.4. The zero-order chi connectivity index (χ0) is 29.9. The smallest absolute Gasteiger partial charge is 0.135 e. The maximum Gasteiger partial charge on any atom is 0.135 e. The number of aromatic nitrogens is 2. The Morgan fingerprint density at radius 1 is 0.413 bits per heavy atom. The average molecular weight is 605 g/mol. The Bertz CT molecular complexity index is 3030. The van der Waals surface area contributed by atoms with E-state index in [0.29, 0.717) is 0 Å². The van der Waals surface area contributed by atoms with E-state index in [1.54, 1.807) is 0 Å². The van der Waals surface area contributed by atoms with Gasteiger partial charge < -0.3 is 13.6 Å². The second kappa shape index (κ2) is 8.87. The monoisotopic (exact) mass is 604 g/mol. The number of hydrogen-bond acceptors (Lipinski definition) is 2. The third-order valence-corrected chi connectivity index (χ3v) is 10.9. The summed E-state index contributed by atoms with van der Waals surface area (Å²) in [5.74, 6) is 0. The topological polar surface area (TPSA) is 23.0 Å². The lowest BCUT2D eigenvalue weighted by Gasteiger charge is -2.11. The molecule has 0 aliphatic rings. The van der Waals surface area contributed by atoms with Crippen molar-refractivity contribution >= 4 is 97.1 Å². The van der Waals surface area contributed by atoms with Gasteiger partial charge in [-0.1, -0.05) is 91.0 Å². The van der Waals surface area contributed by atoms with E-state index in [9.17, 15) is 0 Å². The van der Waals surface area contributed by atoms with Crippen molar-refractivity contribution in [1.82, 2.24) is 9.13 Å². The van der Waals surface area contributed by atoms with E-state index in [2.05, 4.69) is 149 Å². The Labute approximate surface area is 266 Å². The zero-order valence-electron chi connectivity index (χ0n) is 24.6. The van der Waals surface area contributed by atoms with Gasteiger partial charge in [0.1, 0.15) is 11.2 Å². The molecule has 0 aliphatic heterocycles. The van der Waals surface area contributed by atoms with E-state index >= 15 is 0 Å². The van der Waals surface area contributed by atoms with Gasteiger partial charge in [-0.25, -0.2) is 0 Å². The number of rotatable bonds is 2. The van der Waals surface area contributed by atoms with E-state index in [-0.39, 0.29) is 0 Å². The van der Waals surface area contributed by atoms with Gasteiger partial charge in [-0.15, -0.1) is 11.3 Å². The van der Waals surface area contributed by atoms with Gasteiger partial charge in [0.25, 0.3) is 0 Å². The summed E-state index contributed by atoms with van der Waals surface area (Å²) in [5.41, 5.74) is 9.02. The molecule has 4 aromatic heterocycles. The molecule has 0 atom stereocenters. The fraction of sp³-hybridized carbons (Fsp3) is 0. The van der Waals surface area contributed by atoms with Crippen LogP contribution in [0.15, 0.2) is 150 Å². The molecular weight excluding hydrogens is 581 g/mol. The molecule has 0 saturated carbocycles. The van der Waals surface area contributed by atoms with Crippen molar-refractivity contribution in [2.75, 3.05) is 0 Å². The molecule has 0 radical (unpaired) electrons. The largest absolute Gasteiger partial charge is 0.456 e. The number of hydrogen-bond donors (Lipinski definition) is 0. The highest BCUT2D eigenvalue weighted by molar-refractivity contribution is 7.27. The normalized spacial score (nSPS) is 12.3. The molecule has 11 aromatic rings. The summed E-state index contributed by atoms with van der Waals surface area (Å²) < 4.78 is 13.9. The van der Waals surface area contributed by atoms with Crippen molar-refractivity contribution in [2.45, 2.75) is 0 Å². The van der Waals surface area contributed by atoms with Gasteiger partial charge in [0.15, 0.2) is 0 Å². The fourth-order valence-corrected chi connectivity index (χ4v) is 9.10. The van der Waals surface area contributed by atoms with E-state index < -0.39 is 0 Å². The minimum absolute atomic E-state index is 0.905. The second-order valence-corrected chi connectivity index (χ2v) is 13.1. The molecular formula is C42H24N2OS. The molecule has 46 heavy (non-hydrogen) atoms. The molecule has 0 unspecified atom stereocenters. The zero-order valence-corrected chi connectivity index (χ0v) is 25.4. The van der Waals surface area contributed by atoms with Crippen molar-refractivity contribution in [3.8, 4) is 11.4 Å². The molecule has 4 heterocycles. The van der Waals surface area contributed by atoms with Crippen LogP contribution in [0.5, 0.6) is 0 Å². The molecule has 0 N–H and O–H groups in total. The molecule has 0 saturated heterocycles. The lowest BCUT2D eigenvalue weighted by Crippen LogP contribution is -1.95. The van der Waals surface area contributed by atoms with Crippen molar-refractivity contribution in [2.24, 2.45) is 0 Å². The predicted octanol–water partition coefficient (Wildman–Crippen LogP) is 12.1. The minimum atomic E-state index is 0.905. The first kappa shape index (κ1) is 24.5. The van der Waals surface area contributed by atoms with Gasteiger partial charge in [-0.2, -0.15) is 0 Å². The predicted molar refractivity (Wildman–Crippen MR) is 195 cm³/mol. The van der Waals surface area contributed by atoms with Crippen LogP contribution < -0.4 is 0 Å². The second-order valence-electron chi connectivity index (χ2n) is 12.1. The summed E-state index contributed by atoms with van der Waals surface area (Å²) >= 11 is 1.91. The number of para-hydroxylation sites is 4. The van der Waals surface area contributed by atoms with Crippen LogP contribution in [0.25, 0.3) is 97.1 Å². The highest BCUT2D eigenvalue weighted by Gasteiger charge is 2.26. The number of thiophene rings is 1. The Morgan fingerprint density at radius 3 is 1.83 bits per heavy atom. The lowest BCUT2D eigenvalue weighted by atomic mass is 10.0. The molecule has 7 aromatic carbocycles. The summed E-state index contributed by atoms with van der Waals surface area (Å²) in [6.45, 7) is 0. The Hall–Kier alpha value is -5.84. The van der Waals surface area contributed by atoms with Crippen molar-refractivity contribution < 1.29 is 4.42 Å². The van der Waals surface area contributed by atoms with E-state index in [0.717, 1.165) is 27.6 Å². The quantitative estimate of drug-likeness (QED) is 0.192. The van der Waals surface area contributed by atoms with Gasteiger partial charge in [-0.3, -0.25) is 0 Å². The van der Waals surface area contributed by atoms with Gasteiger partial charge in [0.2, 0.25) is 0 Å². The van der Waals surface area contributed by atoms with Gasteiger partial charge >= 0.3 is 0 Å². The summed E-state index contributed by atoms with van der Waals surface area (Å²) in [5, 5.41) is 10.0. The summed E-state index contributed by atoms with van der Waals surface area (Å²) in [4.78, 5) is 0. The fourth-order valence-electron chi connectivity index (χ4n) is 7.85. The Balaban J connectivity index is 1.45. The van der Waals surface area contributed by atoms with Gasteiger partial charge in [0, 0.05) is 59.2 Å². The third kappa shape index (κ3) is 3.06. The molecule has 0 bridgehead atoms. The van der Waals surface area contributed by atoms with E-state index in [1.807, 2.05) is 17.4 Å². The van der Waals surface area contributed by atoms with Crippen LogP contribution in [0.2, 0.25) is 0 Å². The number of furan rings is 1. The number of nitrogens with zero attached hydrogens (tertiary/aromatic N) is 2. The molecule has 214 valence electrons. The van der Waals surface area contributed by atoms with E-state index in [4.69, 9.17) is 4.42 Å². The van der Waals surface area contributed by atoms with Crippen molar-refractivity contribution in [3.05, 3.63) is 146 Å². The van der Waals surface area contributed by atoms with Crippen LogP contribution in [-0.4, -0.2) is 9.13 Å². The van der Waals surface area contributed by atoms with Crippen molar-refractivity contribution in [3.63, 3.8) is 0 Å². The molecule has 0 fully saturated rings. The molecule has 4 heteroatoms. The van der Waals surface area contributed by atoms with Crippen LogP contribution in [0.3, 0.4) is 0 Å². The average Bonchev–Trinajstić information content (AvgIpc) is 3.86. The number of fused-ring (bicyclic) bond motifs is 15. The number of benzene rings is 7. The molecule has 3 nitrogen and oxygen atoms in total. The molecule has 0 amide bonds. The first-order valence-electron chi connectivity index (χ1n) is 15.6. The SMILES string of the molecule is c1ccc(-n2c3ccccc3c3c2c2sc4ccccc4c2c2c4ccccc4n(-c4ccc5oc6ccccc6c5c4)c23)cc1. The Kier molecular flexibility index (Phi) is 4.72. The Morgan fingerprint density at radius 2 is 1.02 bits per heavy atom. The molecule has 0 aliphatic carbocycles. The maximum atomic E-state index is 6.26. The first-order chi connectivity index (χ1) is 22.8. The van der Waals surface area contributed by atoms with Crippen LogP contribution in [0, 0.1) is 0 Å². The standard InChI is InChI=1S/C42H24N2OS/c1-2-12-25(13-3-1)43-33-19-9-5-16-29(33)39-40-37(38-30-17-7-11-21-36(30)46-42(38)41(39)43)28-15-4-8-18-32(28)44(40)26-22-23-35-31(24-26)27-14-6-10-20-34(27)45-35/h1-24H. The molecule has 0 spiro atoms. The van der Waals surface area contributed by atoms with Crippen LogP contribution in [0.1, 0.15) is 0 Å².